The minimum Gasteiger partial charge on any atom is -0.342 e. The summed E-state index contributed by atoms with van der Waals surface area (Å²) in [5.74, 6) is 0.0428. The lowest BCUT2D eigenvalue weighted by Gasteiger charge is -2.45. The van der Waals surface area contributed by atoms with Gasteiger partial charge in [0.1, 0.15) is 17.9 Å². The summed E-state index contributed by atoms with van der Waals surface area (Å²) in [5.41, 5.74) is 0.878. The maximum atomic E-state index is 13.3. The minimum absolute atomic E-state index is 0.0266. The fourth-order valence-electron chi connectivity index (χ4n) is 3.53. The van der Waals surface area contributed by atoms with E-state index in [1.54, 1.807) is 11.0 Å². The Morgan fingerprint density at radius 1 is 1.29 bits per heavy atom. The second-order valence-electron chi connectivity index (χ2n) is 7.10. The summed E-state index contributed by atoms with van der Waals surface area (Å²) in [4.78, 5) is 28.8. The molecule has 0 unspecified atom stereocenters. The normalized spacial score (nSPS) is 24.9. The van der Waals surface area contributed by atoms with Crippen LogP contribution in [0.25, 0.3) is 0 Å². The molecule has 0 spiro atoms. The van der Waals surface area contributed by atoms with Crippen molar-refractivity contribution in [2.75, 3.05) is 19.6 Å². The molecule has 130 valence electrons. The molecule has 2 heterocycles. The van der Waals surface area contributed by atoms with Crippen LogP contribution in [0.3, 0.4) is 0 Å². The molecule has 2 amide bonds. The summed E-state index contributed by atoms with van der Waals surface area (Å²) >= 11 is 0. The summed E-state index contributed by atoms with van der Waals surface area (Å²) in [5, 5.41) is 2.87. The van der Waals surface area contributed by atoms with Gasteiger partial charge in [-0.3, -0.25) is 14.5 Å². The number of nitrogens with one attached hydrogen (secondary N) is 1. The van der Waals surface area contributed by atoms with Gasteiger partial charge < -0.3 is 10.2 Å². The number of halogens is 1. The van der Waals surface area contributed by atoms with E-state index in [2.05, 4.69) is 10.2 Å². The van der Waals surface area contributed by atoms with Gasteiger partial charge in [0.25, 0.3) is 0 Å². The lowest BCUT2D eigenvalue weighted by atomic mass is 9.97. The highest BCUT2D eigenvalue weighted by atomic mass is 19.1. The third kappa shape index (κ3) is 3.59. The number of benzene rings is 1. The molecule has 6 heteroatoms. The van der Waals surface area contributed by atoms with Crippen LogP contribution in [0.15, 0.2) is 24.3 Å². The van der Waals surface area contributed by atoms with E-state index in [4.69, 9.17) is 0 Å². The highest BCUT2D eigenvalue weighted by Crippen LogP contribution is 2.20. The van der Waals surface area contributed by atoms with E-state index in [9.17, 15) is 14.0 Å². The van der Waals surface area contributed by atoms with Crippen LogP contribution < -0.4 is 5.32 Å². The number of hydrogen-bond donors (Lipinski definition) is 1. The molecular weight excluding hydrogens is 309 g/mol. The Balaban J connectivity index is 1.66. The Morgan fingerprint density at radius 2 is 2.08 bits per heavy atom. The van der Waals surface area contributed by atoms with Gasteiger partial charge in [0, 0.05) is 26.2 Å². The maximum Gasteiger partial charge on any atom is 0.245 e. The molecule has 0 saturated carbocycles. The van der Waals surface area contributed by atoms with Crippen LogP contribution in [0.2, 0.25) is 0 Å². The minimum atomic E-state index is -0.441. The quantitative estimate of drug-likeness (QED) is 0.906. The van der Waals surface area contributed by atoms with E-state index < -0.39 is 12.1 Å². The van der Waals surface area contributed by atoms with E-state index in [1.165, 1.54) is 12.1 Å². The van der Waals surface area contributed by atoms with Crippen LogP contribution in [-0.2, 0) is 16.1 Å². The highest BCUT2D eigenvalue weighted by Gasteiger charge is 2.43. The first kappa shape index (κ1) is 16.9. The molecule has 0 aromatic heterocycles. The molecule has 1 aromatic carbocycles. The number of fused-ring (bicyclic) bond motifs is 1. The van der Waals surface area contributed by atoms with Gasteiger partial charge in [0.15, 0.2) is 0 Å². The van der Waals surface area contributed by atoms with Gasteiger partial charge in [-0.15, -0.1) is 0 Å². The molecule has 2 atom stereocenters. The molecule has 24 heavy (non-hydrogen) atoms. The summed E-state index contributed by atoms with van der Waals surface area (Å²) in [6, 6.07) is 5.65. The number of piperazine rings is 2. The van der Waals surface area contributed by atoms with Crippen LogP contribution >= 0.6 is 0 Å². The molecule has 1 aromatic rings. The molecule has 0 radical (unpaired) electrons. The number of nitrogens with zero attached hydrogens (tertiary/aromatic N) is 2. The largest absolute Gasteiger partial charge is 0.342 e. The number of carbonyl (C=O) groups excluding carboxylic acids is 2. The SMILES string of the molecule is CC(C)C[C@H]1NC(=O)[C@H]2CN(Cc3cccc(F)c3)CCN2C1=O. The van der Waals surface area contributed by atoms with Crippen LogP contribution in [0.4, 0.5) is 4.39 Å². The Morgan fingerprint density at radius 3 is 2.79 bits per heavy atom. The van der Waals surface area contributed by atoms with E-state index in [0.717, 1.165) is 5.56 Å². The van der Waals surface area contributed by atoms with Crippen LogP contribution in [0, 0.1) is 11.7 Å². The summed E-state index contributed by atoms with van der Waals surface area (Å²) in [7, 11) is 0. The fourth-order valence-corrected chi connectivity index (χ4v) is 3.53. The zero-order chi connectivity index (χ0) is 17.3. The zero-order valence-electron chi connectivity index (χ0n) is 14.2. The van der Waals surface area contributed by atoms with Crippen molar-refractivity contribution in [1.82, 2.24) is 15.1 Å². The van der Waals surface area contributed by atoms with E-state index >= 15 is 0 Å². The molecule has 2 saturated heterocycles. The Labute approximate surface area is 141 Å². The average Bonchev–Trinajstić information content (AvgIpc) is 2.52. The average molecular weight is 333 g/mol. The standard InChI is InChI=1S/C18H24FN3O2/c1-12(2)8-15-18(24)22-7-6-21(11-16(22)17(23)20-15)10-13-4-3-5-14(19)9-13/h3-5,9,12,15-16H,6-8,10-11H2,1-2H3,(H,20,23)/t15-,16-/m1/s1. The summed E-state index contributed by atoms with van der Waals surface area (Å²) in [6.45, 7) is 6.40. The van der Waals surface area contributed by atoms with Crippen molar-refractivity contribution >= 4 is 11.8 Å². The van der Waals surface area contributed by atoms with Gasteiger partial charge in [-0.1, -0.05) is 26.0 Å². The Hall–Kier alpha value is -1.95. The third-order valence-electron chi connectivity index (χ3n) is 4.67. The smallest absolute Gasteiger partial charge is 0.245 e. The van der Waals surface area contributed by atoms with Gasteiger partial charge in [0.2, 0.25) is 11.8 Å². The topological polar surface area (TPSA) is 52.7 Å². The predicted octanol–water partition coefficient (Wildman–Crippen LogP) is 1.38. The molecule has 2 fully saturated rings. The molecule has 2 aliphatic rings. The number of rotatable bonds is 4. The molecular formula is C18H24FN3O2. The van der Waals surface area contributed by atoms with Crippen molar-refractivity contribution in [3.63, 3.8) is 0 Å². The first-order valence-electron chi connectivity index (χ1n) is 8.51. The van der Waals surface area contributed by atoms with Gasteiger partial charge >= 0.3 is 0 Å². The number of hydrogen-bond acceptors (Lipinski definition) is 3. The highest BCUT2D eigenvalue weighted by molar-refractivity contribution is 5.97. The molecule has 2 aliphatic heterocycles. The molecule has 5 nitrogen and oxygen atoms in total. The monoisotopic (exact) mass is 333 g/mol. The molecule has 3 rings (SSSR count). The van der Waals surface area contributed by atoms with Crippen molar-refractivity contribution < 1.29 is 14.0 Å². The van der Waals surface area contributed by atoms with Gasteiger partial charge in [0.05, 0.1) is 0 Å². The second-order valence-corrected chi connectivity index (χ2v) is 7.10. The van der Waals surface area contributed by atoms with Crippen molar-refractivity contribution in [3.8, 4) is 0 Å². The van der Waals surface area contributed by atoms with E-state index in [0.29, 0.717) is 38.5 Å². The maximum absolute atomic E-state index is 13.3. The second kappa shape index (κ2) is 6.89. The van der Waals surface area contributed by atoms with Crippen molar-refractivity contribution in [1.29, 1.82) is 0 Å². The third-order valence-corrected chi connectivity index (χ3v) is 4.67. The molecule has 0 aliphatic carbocycles. The van der Waals surface area contributed by atoms with Crippen molar-refractivity contribution in [2.45, 2.75) is 38.9 Å². The Bertz CT molecular complexity index is 634. The van der Waals surface area contributed by atoms with Gasteiger partial charge in [-0.2, -0.15) is 0 Å². The number of carbonyl (C=O) groups is 2. The van der Waals surface area contributed by atoms with Crippen molar-refractivity contribution in [3.05, 3.63) is 35.6 Å². The first-order chi connectivity index (χ1) is 11.4. The van der Waals surface area contributed by atoms with Gasteiger partial charge in [-0.25, -0.2) is 4.39 Å². The lowest BCUT2D eigenvalue weighted by molar-refractivity contribution is -0.153. The Kier molecular flexibility index (Phi) is 4.85. The van der Waals surface area contributed by atoms with E-state index in [1.807, 2.05) is 19.9 Å². The predicted molar refractivity (Wildman–Crippen MR) is 88.6 cm³/mol. The van der Waals surface area contributed by atoms with Crippen LogP contribution in [0.1, 0.15) is 25.8 Å². The molecule has 1 N–H and O–H groups in total. The zero-order valence-corrected chi connectivity index (χ0v) is 14.2. The summed E-state index contributed by atoms with van der Waals surface area (Å²) < 4.78 is 13.3. The number of amides is 2. The lowest BCUT2D eigenvalue weighted by Crippen LogP contribution is -2.69. The fraction of sp³-hybridized carbons (Fsp3) is 0.556. The molecule has 0 bridgehead atoms. The summed E-state index contributed by atoms with van der Waals surface area (Å²) in [6.07, 6.45) is 0.667. The first-order valence-corrected chi connectivity index (χ1v) is 8.51. The van der Waals surface area contributed by atoms with Gasteiger partial charge in [-0.05, 0) is 30.0 Å². The van der Waals surface area contributed by atoms with Crippen LogP contribution in [0.5, 0.6) is 0 Å². The van der Waals surface area contributed by atoms with Crippen LogP contribution in [-0.4, -0.2) is 53.3 Å². The van der Waals surface area contributed by atoms with E-state index in [-0.39, 0.29) is 17.6 Å². The van der Waals surface area contributed by atoms with Crippen molar-refractivity contribution in [2.24, 2.45) is 5.92 Å².